The van der Waals surface area contributed by atoms with Crippen molar-refractivity contribution in [2.75, 3.05) is 13.2 Å². The van der Waals surface area contributed by atoms with Crippen LogP contribution in [0.5, 0.6) is 5.75 Å². The van der Waals surface area contributed by atoms with Crippen LogP contribution in [0.25, 0.3) is 0 Å². The Morgan fingerprint density at radius 1 is 1.65 bits per heavy atom. The number of hydrogen-bond acceptors (Lipinski definition) is 3. The number of carbonyl (C=O) groups is 1. The molecule has 1 fully saturated rings. The first-order valence-corrected chi connectivity index (χ1v) is 7.74. The van der Waals surface area contributed by atoms with E-state index in [0.29, 0.717) is 17.3 Å². The monoisotopic (exact) mass is 361 g/mol. The van der Waals surface area contributed by atoms with Crippen molar-refractivity contribution >= 4 is 33.4 Å². The summed E-state index contributed by atoms with van der Waals surface area (Å²) >= 11 is 9.37. The lowest BCUT2D eigenvalue weighted by atomic mass is 10.2. The topological polar surface area (TPSA) is 47.6 Å². The van der Waals surface area contributed by atoms with Crippen LogP contribution in [-0.2, 0) is 9.53 Å². The number of amides is 1. The molecule has 1 aliphatic heterocycles. The number of carbonyl (C=O) groups excluding carboxylic acids is 1. The summed E-state index contributed by atoms with van der Waals surface area (Å²) in [7, 11) is 0. The van der Waals surface area contributed by atoms with Crippen LogP contribution in [0.3, 0.4) is 0 Å². The third kappa shape index (κ3) is 4.36. The van der Waals surface area contributed by atoms with Gasteiger partial charge < -0.3 is 14.8 Å². The molecule has 1 aromatic carbocycles. The first kappa shape index (κ1) is 15.6. The molecule has 4 nitrogen and oxygen atoms in total. The fraction of sp³-hybridized carbons (Fsp3) is 0.500. The van der Waals surface area contributed by atoms with Crippen molar-refractivity contribution in [2.24, 2.45) is 0 Å². The van der Waals surface area contributed by atoms with Crippen molar-refractivity contribution in [2.45, 2.75) is 32.0 Å². The second kappa shape index (κ2) is 7.29. The molecule has 1 saturated heterocycles. The molecule has 110 valence electrons. The number of halogens is 2. The molecule has 2 unspecified atom stereocenters. The first-order chi connectivity index (χ1) is 9.56. The highest BCUT2D eigenvalue weighted by atomic mass is 79.9. The van der Waals surface area contributed by atoms with E-state index in [1.165, 1.54) is 0 Å². The zero-order valence-corrected chi connectivity index (χ0v) is 13.5. The highest BCUT2D eigenvalue weighted by molar-refractivity contribution is 9.10. The zero-order chi connectivity index (χ0) is 14.5. The average molecular weight is 363 g/mol. The molecule has 2 rings (SSSR count). The minimum absolute atomic E-state index is 0.127. The second-order valence-corrected chi connectivity index (χ2v) is 6.04. The van der Waals surface area contributed by atoms with Crippen LogP contribution in [0.4, 0.5) is 0 Å². The molecular formula is C14H17BrClNO3. The summed E-state index contributed by atoms with van der Waals surface area (Å²) in [5.41, 5.74) is 0. The van der Waals surface area contributed by atoms with E-state index in [1.807, 2.05) is 6.07 Å². The maximum atomic E-state index is 11.9. The summed E-state index contributed by atoms with van der Waals surface area (Å²) in [6, 6.07) is 5.28. The molecule has 0 aromatic heterocycles. The Morgan fingerprint density at radius 2 is 2.45 bits per heavy atom. The van der Waals surface area contributed by atoms with Gasteiger partial charge in [0.2, 0.25) is 0 Å². The molecule has 20 heavy (non-hydrogen) atoms. The lowest BCUT2D eigenvalue weighted by Gasteiger charge is -2.17. The number of nitrogens with one attached hydrogen (secondary N) is 1. The molecule has 0 spiro atoms. The first-order valence-electron chi connectivity index (χ1n) is 6.57. The van der Waals surface area contributed by atoms with E-state index in [9.17, 15) is 4.79 Å². The predicted molar refractivity (Wildman–Crippen MR) is 81.2 cm³/mol. The summed E-state index contributed by atoms with van der Waals surface area (Å²) in [6.07, 6.45) is 1.58. The van der Waals surface area contributed by atoms with Crippen LogP contribution in [0.1, 0.15) is 19.8 Å². The van der Waals surface area contributed by atoms with Crippen LogP contribution in [0.15, 0.2) is 22.7 Å². The quantitative estimate of drug-likeness (QED) is 0.875. The van der Waals surface area contributed by atoms with Crippen LogP contribution in [0, 0.1) is 0 Å². The Morgan fingerprint density at radius 3 is 3.10 bits per heavy atom. The minimum atomic E-state index is -0.602. The second-order valence-electron chi connectivity index (χ2n) is 4.72. The molecule has 0 aliphatic carbocycles. The molecule has 1 N–H and O–H groups in total. The van der Waals surface area contributed by atoms with E-state index >= 15 is 0 Å². The van der Waals surface area contributed by atoms with Gasteiger partial charge in [0.1, 0.15) is 5.75 Å². The van der Waals surface area contributed by atoms with Gasteiger partial charge >= 0.3 is 0 Å². The van der Waals surface area contributed by atoms with Crippen molar-refractivity contribution in [1.29, 1.82) is 0 Å². The number of benzene rings is 1. The molecule has 0 saturated carbocycles. The molecule has 1 heterocycles. The highest BCUT2D eigenvalue weighted by Gasteiger charge is 2.20. The van der Waals surface area contributed by atoms with Gasteiger partial charge in [-0.1, -0.05) is 27.5 Å². The Labute approximate surface area is 131 Å². The van der Waals surface area contributed by atoms with Gasteiger partial charge in [0.05, 0.1) is 11.1 Å². The fourth-order valence-electron chi connectivity index (χ4n) is 1.98. The van der Waals surface area contributed by atoms with Gasteiger partial charge in [-0.2, -0.15) is 0 Å². The predicted octanol–water partition coefficient (Wildman–Crippen LogP) is 3.17. The number of rotatable bonds is 5. The molecular weight excluding hydrogens is 346 g/mol. The highest BCUT2D eigenvalue weighted by Crippen LogP contribution is 2.28. The molecule has 1 aromatic rings. The summed E-state index contributed by atoms with van der Waals surface area (Å²) in [6.45, 7) is 3.00. The Hall–Kier alpha value is -0.780. The number of ether oxygens (including phenoxy) is 2. The number of hydrogen-bond donors (Lipinski definition) is 1. The van der Waals surface area contributed by atoms with Gasteiger partial charge in [-0.15, -0.1) is 0 Å². The fourth-order valence-corrected chi connectivity index (χ4v) is 2.70. The van der Waals surface area contributed by atoms with E-state index in [2.05, 4.69) is 21.2 Å². The van der Waals surface area contributed by atoms with Crippen molar-refractivity contribution in [3.63, 3.8) is 0 Å². The average Bonchev–Trinajstić information content (AvgIpc) is 2.92. The molecule has 2 atom stereocenters. The third-order valence-corrected chi connectivity index (χ3v) is 3.88. The van der Waals surface area contributed by atoms with Crippen molar-refractivity contribution in [3.8, 4) is 5.75 Å². The maximum absolute atomic E-state index is 11.9. The van der Waals surface area contributed by atoms with Crippen LogP contribution >= 0.6 is 27.5 Å². The van der Waals surface area contributed by atoms with E-state index in [4.69, 9.17) is 21.1 Å². The van der Waals surface area contributed by atoms with E-state index in [1.54, 1.807) is 19.1 Å². The Bertz CT molecular complexity index is 477. The van der Waals surface area contributed by atoms with Crippen molar-refractivity contribution < 1.29 is 14.3 Å². The lowest BCUT2D eigenvalue weighted by molar-refractivity contribution is -0.127. The van der Waals surface area contributed by atoms with E-state index in [0.717, 1.165) is 23.9 Å². The summed E-state index contributed by atoms with van der Waals surface area (Å²) in [4.78, 5) is 11.9. The molecule has 1 aliphatic rings. The molecule has 1 amide bonds. The molecule has 0 radical (unpaired) electrons. The SMILES string of the molecule is CC(Oc1ccc(Br)cc1Cl)C(=O)NCC1CCCO1. The van der Waals surface area contributed by atoms with Crippen molar-refractivity contribution in [1.82, 2.24) is 5.32 Å². The third-order valence-electron chi connectivity index (χ3n) is 3.09. The van der Waals surface area contributed by atoms with Gasteiger partial charge in [-0.3, -0.25) is 4.79 Å². The summed E-state index contributed by atoms with van der Waals surface area (Å²) in [5, 5.41) is 3.30. The molecule has 6 heteroatoms. The van der Waals surface area contributed by atoms with Gasteiger partial charge in [0.25, 0.3) is 5.91 Å². The summed E-state index contributed by atoms with van der Waals surface area (Å²) < 4.78 is 11.9. The van der Waals surface area contributed by atoms with E-state index in [-0.39, 0.29) is 12.0 Å². The Kier molecular flexibility index (Phi) is 5.69. The minimum Gasteiger partial charge on any atom is -0.479 e. The summed E-state index contributed by atoms with van der Waals surface area (Å²) in [5.74, 6) is 0.328. The zero-order valence-electron chi connectivity index (χ0n) is 11.2. The standard InChI is InChI=1S/C14H17BrClNO3/c1-9(14(18)17-8-11-3-2-6-19-11)20-13-5-4-10(15)7-12(13)16/h4-5,7,9,11H,2-3,6,8H2,1H3,(H,17,18). The van der Waals surface area contributed by atoms with E-state index < -0.39 is 6.10 Å². The Balaban J connectivity index is 1.83. The molecule has 0 bridgehead atoms. The smallest absolute Gasteiger partial charge is 0.260 e. The van der Waals surface area contributed by atoms with Crippen LogP contribution in [0.2, 0.25) is 5.02 Å². The largest absolute Gasteiger partial charge is 0.479 e. The van der Waals surface area contributed by atoms with Crippen LogP contribution < -0.4 is 10.1 Å². The lowest BCUT2D eigenvalue weighted by Crippen LogP contribution is -2.40. The van der Waals surface area contributed by atoms with Crippen molar-refractivity contribution in [3.05, 3.63) is 27.7 Å². The van der Waals surface area contributed by atoms with Crippen LogP contribution in [-0.4, -0.2) is 31.3 Å². The van der Waals surface area contributed by atoms with Gasteiger partial charge in [0.15, 0.2) is 6.10 Å². The van der Waals surface area contributed by atoms with Gasteiger partial charge in [-0.25, -0.2) is 0 Å². The normalized spacial score (nSPS) is 19.6. The maximum Gasteiger partial charge on any atom is 0.260 e. The van der Waals surface area contributed by atoms with Gasteiger partial charge in [0, 0.05) is 17.6 Å². The van der Waals surface area contributed by atoms with Gasteiger partial charge in [-0.05, 0) is 38.0 Å².